The average molecular weight is 93.1 g/mol. The summed E-state index contributed by atoms with van der Waals surface area (Å²) in [4.78, 5) is 0. The molecule has 0 spiro atoms. The standard InChI is InChI=1S/C2H8NOP/c1-2-4-5-3/h5H,2-3H2,1H3. The fraction of sp³-hybridized carbons (Fsp3) is 1.00. The Hall–Kier alpha value is 0.350. The molecule has 0 heterocycles. The largest absolute Gasteiger partial charge is 0.347 e. The maximum Gasteiger partial charge on any atom is 0.0833 e. The molecule has 32 valence electrons. The molecule has 5 heavy (non-hydrogen) atoms. The maximum atomic E-state index is 4.94. The van der Waals surface area contributed by atoms with Crippen molar-refractivity contribution in [3.05, 3.63) is 0 Å². The summed E-state index contributed by atoms with van der Waals surface area (Å²) in [5.74, 6) is 0. The lowest BCUT2D eigenvalue weighted by Gasteiger charge is -1.85. The fourth-order valence-electron chi connectivity index (χ4n) is 0.0833. The molecule has 0 aromatic rings. The van der Waals surface area contributed by atoms with Crippen molar-refractivity contribution in [1.29, 1.82) is 0 Å². The molecule has 0 aliphatic carbocycles. The molecule has 0 aromatic heterocycles. The van der Waals surface area contributed by atoms with Gasteiger partial charge in [0.05, 0.1) is 8.96 Å². The van der Waals surface area contributed by atoms with Crippen LogP contribution in [0.15, 0.2) is 0 Å². The summed E-state index contributed by atoms with van der Waals surface area (Å²) in [5.41, 5.74) is 4.94. The van der Waals surface area contributed by atoms with Crippen LogP contribution in [0.5, 0.6) is 0 Å². The van der Waals surface area contributed by atoms with Crippen LogP contribution in [0.1, 0.15) is 6.92 Å². The summed E-state index contributed by atoms with van der Waals surface area (Å²) >= 11 is 0. The van der Waals surface area contributed by atoms with Gasteiger partial charge < -0.3 is 4.52 Å². The van der Waals surface area contributed by atoms with Gasteiger partial charge in [-0.15, -0.1) is 0 Å². The number of hydrogen-bond acceptors (Lipinski definition) is 2. The quantitative estimate of drug-likeness (QED) is 0.504. The number of rotatable bonds is 2. The van der Waals surface area contributed by atoms with Crippen molar-refractivity contribution in [3.8, 4) is 0 Å². The Labute approximate surface area is 33.6 Å². The SMILES string of the molecule is CCOPN. The molecule has 0 aliphatic heterocycles. The highest BCUT2D eigenvalue weighted by atomic mass is 31.1. The topological polar surface area (TPSA) is 35.2 Å². The molecule has 3 heteroatoms. The Morgan fingerprint density at radius 2 is 2.60 bits per heavy atom. The molecule has 0 radical (unpaired) electrons. The number of nitrogens with two attached hydrogens (primary N) is 1. The predicted molar refractivity (Wildman–Crippen MR) is 24.1 cm³/mol. The van der Waals surface area contributed by atoms with E-state index in [1.54, 1.807) is 0 Å². The molecule has 0 bridgehead atoms. The van der Waals surface area contributed by atoms with Gasteiger partial charge in [-0.25, -0.2) is 0 Å². The molecule has 0 saturated carbocycles. The normalized spacial score (nSPS) is 10.8. The van der Waals surface area contributed by atoms with Crippen LogP contribution in [0.25, 0.3) is 0 Å². The summed E-state index contributed by atoms with van der Waals surface area (Å²) in [5, 5.41) is 0. The second-order valence-electron chi connectivity index (χ2n) is 0.551. The molecule has 1 unspecified atom stereocenters. The molecule has 0 fully saturated rings. The molecule has 0 aromatic carbocycles. The van der Waals surface area contributed by atoms with Crippen LogP contribution in [-0.2, 0) is 4.52 Å². The minimum atomic E-state index is 0.158. The van der Waals surface area contributed by atoms with Crippen LogP contribution >= 0.6 is 8.96 Å². The Kier molecular flexibility index (Phi) is 4.65. The maximum absolute atomic E-state index is 4.94. The molecule has 0 saturated heterocycles. The minimum absolute atomic E-state index is 0.158. The van der Waals surface area contributed by atoms with Crippen molar-refractivity contribution in [3.63, 3.8) is 0 Å². The summed E-state index contributed by atoms with van der Waals surface area (Å²) in [7, 11) is 0.158. The lowest BCUT2D eigenvalue weighted by molar-refractivity contribution is 0.390. The highest BCUT2D eigenvalue weighted by Crippen LogP contribution is 1.93. The summed E-state index contributed by atoms with van der Waals surface area (Å²) in [6.07, 6.45) is 0. The minimum Gasteiger partial charge on any atom is -0.347 e. The zero-order valence-electron chi connectivity index (χ0n) is 3.19. The van der Waals surface area contributed by atoms with Crippen LogP contribution in [-0.4, -0.2) is 6.61 Å². The van der Waals surface area contributed by atoms with Gasteiger partial charge in [-0.1, -0.05) is 0 Å². The lowest BCUT2D eigenvalue weighted by Crippen LogP contribution is -1.78. The summed E-state index contributed by atoms with van der Waals surface area (Å²) in [6, 6.07) is 0. The van der Waals surface area contributed by atoms with Crippen LogP contribution in [0.3, 0.4) is 0 Å². The molecule has 0 aliphatic rings. The van der Waals surface area contributed by atoms with Gasteiger partial charge >= 0.3 is 0 Å². The fourth-order valence-corrected chi connectivity index (χ4v) is 0.250. The van der Waals surface area contributed by atoms with Gasteiger partial charge in [0.2, 0.25) is 0 Å². The Morgan fingerprint density at radius 1 is 2.00 bits per heavy atom. The van der Waals surface area contributed by atoms with E-state index in [0.717, 1.165) is 6.61 Å². The van der Waals surface area contributed by atoms with Crippen LogP contribution in [0, 0.1) is 0 Å². The van der Waals surface area contributed by atoms with Gasteiger partial charge in [0.25, 0.3) is 0 Å². The molecule has 2 N–H and O–H groups in total. The van der Waals surface area contributed by atoms with Crippen LogP contribution < -0.4 is 5.50 Å². The van der Waals surface area contributed by atoms with E-state index in [9.17, 15) is 0 Å². The predicted octanol–water partition coefficient (Wildman–Crippen LogP) is 0.490. The smallest absolute Gasteiger partial charge is 0.0833 e. The first kappa shape index (κ1) is 5.35. The van der Waals surface area contributed by atoms with Crippen molar-refractivity contribution < 1.29 is 4.52 Å². The molecular weight excluding hydrogens is 85.0 g/mol. The van der Waals surface area contributed by atoms with Gasteiger partial charge in [-0.3, -0.25) is 5.50 Å². The molecule has 0 rings (SSSR count). The van der Waals surface area contributed by atoms with E-state index in [1.165, 1.54) is 0 Å². The van der Waals surface area contributed by atoms with Gasteiger partial charge in [-0.2, -0.15) is 0 Å². The highest BCUT2D eigenvalue weighted by molar-refractivity contribution is 7.29. The summed E-state index contributed by atoms with van der Waals surface area (Å²) in [6.45, 7) is 2.65. The first-order chi connectivity index (χ1) is 2.41. The average Bonchev–Trinajstić information content (AvgIpc) is 1.41. The van der Waals surface area contributed by atoms with Crippen molar-refractivity contribution in [2.75, 3.05) is 6.61 Å². The van der Waals surface area contributed by atoms with Crippen molar-refractivity contribution in [1.82, 2.24) is 0 Å². The van der Waals surface area contributed by atoms with Crippen LogP contribution in [0.4, 0.5) is 0 Å². The van der Waals surface area contributed by atoms with E-state index in [1.807, 2.05) is 6.92 Å². The first-order valence-electron chi connectivity index (χ1n) is 1.49. The van der Waals surface area contributed by atoms with E-state index in [-0.39, 0.29) is 8.96 Å². The number of hydrogen-bond donors (Lipinski definition) is 1. The Bertz CT molecular complexity index is 17.1. The molecule has 1 atom stereocenters. The van der Waals surface area contributed by atoms with E-state index >= 15 is 0 Å². The lowest BCUT2D eigenvalue weighted by atomic mass is 10.9. The van der Waals surface area contributed by atoms with Crippen molar-refractivity contribution in [2.24, 2.45) is 5.50 Å². The monoisotopic (exact) mass is 93.0 g/mol. The second kappa shape index (κ2) is 4.35. The van der Waals surface area contributed by atoms with Gasteiger partial charge in [0.15, 0.2) is 0 Å². The van der Waals surface area contributed by atoms with Gasteiger partial charge in [0.1, 0.15) is 0 Å². The Balaban J connectivity index is 2.19. The van der Waals surface area contributed by atoms with E-state index in [4.69, 9.17) is 5.50 Å². The van der Waals surface area contributed by atoms with Gasteiger partial charge in [-0.05, 0) is 6.92 Å². The third-order valence-corrected chi connectivity index (χ3v) is 0.683. The molecular formula is C2H8NOP. The van der Waals surface area contributed by atoms with Gasteiger partial charge in [0, 0.05) is 6.61 Å². The third kappa shape index (κ3) is 4.35. The highest BCUT2D eigenvalue weighted by Gasteiger charge is 1.64. The van der Waals surface area contributed by atoms with Crippen molar-refractivity contribution >= 4 is 8.96 Å². The zero-order chi connectivity index (χ0) is 4.12. The van der Waals surface area contributed by atoms with E-state index in [0.29, 0.717) is 0 Å². The van der Waals surface area contributed by atoms with Crippen molar-refractivity contribution in [2.45, 2.75) is 6.92 Å². The Morgan fingerprint density at radius 3 is 2.60 bits per heavy atom. The van der Waals surface area contributed by atoms with E-state index < -0.39 is 0 Å². The third-order valence-electron chi connectivity index (χ3n) is 0.228. The van der Waals surface area contributed by atoms with E-state index in [2.05, 4.69) is 4.52 Å². The molecule has 0 amide bonds. The summed E-state index contributed by atoms with van der Waals surface area (Å²) < 4.78 is 4.64. The first-order valence-corrected chi connectivity index (χ1v) is 2.47. The zero-order valence-corrected chi connectivity index (χ0v) is 4.19. The van der Waals surface area contributed by atoms with Crippen LogP contribution in [0.2, 0.25) is 0 Å². The molecule has 2 nitrogen and oxygen atoms in total. The second-order valence-corrected chi connectivity index (χ2v) is 1.08.